The summed E-state index contributed by atoms with van der Waals surface area (Å²) in [6, 6.07) is 24.0. The summed E-state index contributed by atoms with van der Waals surface area (Å²) in [5, 5.41) is 10.9. The lowest BCUT2D eigenvalue weighted by Crippen LogP contribution is -2.40. The summed E-state index contributed by atoms with van der Waals surface area (Å²) in [7, 11) is 0. The van der Waals surface area contributed by atoms with Crippen molar-refractivity contribution in [3.63, 3.8) is 0 Å². The number of rotatable bonds is 7. The molecule has 0 radical (unpaired) electrons. The molecule has 6 heteroatoms. The first-order chi connectivity index (χ1) is 16.0. The van der Waals surface area contributed by atoms with Gasteiger partial charge in [-0.3, -0.25) is 20.0 Å². The predicted octanol–water partition coefficient (Wildman–Crippen LogP) is 4.80. The zero-order valence-corrected chi connectivity index (χ0v) is 18.0. The van der Waals surface area contributed by atoms with Crippen molar-refractivity contribution < 1.29 is 19.5 Å². The van der Waals surface area contributed by atoms with Gasteiger partial charge in [0.05, 0.1) is 11.4 Å². The fourth-order valence-corrected chi connectivity index (χ4v) is 4.30. The van der Waals surface area contributed by atoms with Gasteiger partial charge in [0, 0.05) is 17.1 Å². The van der Waals surface area contributed by atoms with Crippen molar-refractivity contribution in [2.45, 2.75) is 25.2 Å². The van der Waals surface area contributed by atoms with Gasteiger partial charge in [-0.2, -0.15) is 0 Å². The fourth-order valence-electron chi connectivity index (χ4n) is 4.30. The summed E-state index contributed by atoms with van der Waals surface area (Å²) >= 11 is 0. The first-order valence-corrected chi connectivity index (χ1v) is 10.8. The van der Waals surface area contributed by atoms with E-state index in [4.69, 9.17) is 0 Å². The zero-order valence-electron chi connectivity index (χ0n) is 18.0. The van der Waals surface area contributed by atoms with E-state index in [2.05, 4.69) is 12.0 Å². The second-order valence-electron chi connectivity index (χ2n) is 7.93. The van der Waals surface area contributed by atoms with E-state index < -0.39 is 11.8 Å². The summed E-state index contributed by atoms with van der Waals surface area (Å²) in [6.07, 6.45) is 2.02. The van der Waals surface area contributed by atoms with Gasteiger partial charge in [-0.1, -0.05) is 61.2 Å². The molecule has 3 aromatic rings. The maximum Gasteiger partial charge on any atom is 0.377 e. The van der Waals surface area contributed by atoms with Crippen LogP contribution < -0.4 is 10.4 Å². The number of benzene rings is 3. The molecule has 0 heterocycles. The number of carbonyl (C=O) groups excluding carboxylic acids is 2. The summed E-state index contributed by atoms with van der Waals surface area (Å²) < 4.78 is 0. The summed E-state index contributed by atoms with van der Waals surface area (Å²) in [5.41, 5.74) is 6.60. The summed E-state index contributed by atoms with van der Waals surface area (Å²) in [6.45, 7) is 4.09. The molecule has 166 valence electrons. The van der Waals surface area contributed by atoms with Gasteiger partial charge in [0.2, 0.25) is 0 Å². The highest BCUT2D eigenvalue weighted by molar-refractivity contribution is 6.40. The number of carboxylic acid groups (broad SMARTS) is 1. The van der Waals surface area contributed by atoms with Crippen molar-refractivity contribution >= 4 is 29.0 Å². The van der Waals surface area contributed by atoms with Crippen LogP contribution >= 0.6 is 0 Å². The molecule has 0 bridgehead atoms. The maximum atomic E-state index is 13.3. The molecule has 1 amide bonds. The number of amides is 1. The molecule has 33 heavy (non-hydrogen) atoms. The molecule has 1 unspecified atom stereocenters. The Morgan fingerprint density at radius 1 is 0.879 bits per heavy atom. The first kappa shape index (κ1) is 22.0. The normalized spacial score (nSPS) is 14.6. The lowest BCUT2D eigenvalue weighted by Gasteiger charge is -2.30. The third-order valence-electron chi connectivity index (χ3n) is 5.90. The van der Waals surface area contributed by atoms with E-state index in [9.17, 15) is 19.5 Å². The van der Waals surface area contributed by atoms with Gasteiger partial charge in [0.25, 0.3) is 11.7 Å². The van der Waals surface area contributed by atoms with Crippen LogP contribution in [0.5, 0.6) is 0 Å². The average Bonchev–Trinajstić information content (AvgIpc) is 2.86. The zero-order chi connectivity index (χ0) is 23.4. The largest absolute Gasteiger partial charge is 0.475 e. The van der Waals surface area contributed by atoms with Crippen molar-refractivity contribution in [3.05, 3.63) is 108 Å². The molecule has 1 aliphatic carbocycles. The van der Waals surface area contributed by atoms with Crippen molar-refractivity contribution in [3.8, 4) is 0 Å². The number of hydrogen-bond acceptors (Lipinski definition) is 4. The molecule has 1 atom stereocenters. The molecule has 0 saturated heterocycles. The smallest absolute Gasteiger partial charge is 0.377 e. The van der Waals surface area contributed by atoms with Crippen molar-refractivity contribution in [2.24, 2.45) is 0 Å². The topological polar surface area (TPSA) is 86.7 Å². The van der Waals surface area contributed by atoms with Crippen LogP contribution in [0.25, 0.3) is 0 Å². The highest BCUT2D eigenvalue weighted by atomic mass is 16.4. The van der Waals surface area contributed by atoms with Gasteiger partial charge < -0.3 is 5.11 Å². The maximum absolute atomic E-state index is 13.3. The number of nitrogens with one attached hydrogen (secondary N) is 1. The van der Waals surface area contributed by atoms with Crippen LogP contribution in [0.1, 0.15) is 40.2 Å². The molecule has 0 fully saturated rings. The number of hydrazine groups is 1. The van der Waals surface area contributed by atoms with E-state index in [-0.39, 0.29) is 17.4 Å². The van der Waals surface area contributed by atoms with Crippen molar-refractivity contribution in [1.82, 2.24) is 5.43 Å². The quantitative estimate of drug-likeness (QED) is 0.239. The number of carbonyl (C=O) groups is 3. The van der Waals surface area contributed by atoms with E-state index in [1.807, 2.05) is 66.7 Å². The Morgan fingerprint density at radius 2 is 1.48 bits per heavy atom. The fraction of sp³-hybridized carbons (Fsp3) is 0.148. The third kappa shape index (κ3) is 4.55. The Bertz CT molecular complexity index is 1170. The molecule has 0 spiro atoms. The average molecular weight is 440 g/mol. The van der Waals surface area contributed by atoms with Crippen LogP contribution in [0.4, 0.5) is 11.4 Å². The van der Waals surface area contributed by atoms with E-state index in [0.29, 0.717) is 24.0 Å². The second-order valence-corrected chi connectivity index (χ2v) is 7.93. The lowest BCUT2D eigenvalue weighted by atomic mass is 9.76. The predicted molar refractivity (Wildman–Crippen MR) is 126 cm³/mol. The molecular weight excluding hydrogens is 416 g/mol. The van der Waals surface area contributed by atoms with Crippen LogP contribution in [0, 0.1) is 0 Å². The Morgan fingerprint density at radius 3 is 2.06 bits per heavy atom. The molecule has 2 N–H and O–H groups in total. The minimum Gasteiger partial charge on any atom is -0.475 e. The third-order valence-corrected chi connectivity index (χ3v) is 5.90. The number of aliphatic carboxylic acids is 1. The van der Waals surface area contributed by atoms with Crippen LogP contribution in [-0.2, 0) is 16.0 Å². The van der Waals surface area contributed by atoms with Crippen molar-refractivity contribution in [2.75, 3.05) is 5.01 Å². The molecule has 0 aromatic heterocycles. The van der Waals surface area contributed by atoms with E-state index in [1.54, 1.807) is 11.1 Å². The van der Waals surface area contributed by atoms with Crippen LogP contribution in [-0.4, -0.2) is 22.8 Å². The van der Waals surface area contributed by atoms with Crippen molar-refractivity contribution in [1.29, 1.82) is 0 Å². The van der Waals surface area contributed by atoms with E-state index in [0.717, 1.165) is 23.4 Å². The molecule has 0 aliphatic heterocycles. The van der Waals surface area contributed by atoms with E-state index >= 15 is 0 Å². The van der Waals surface area contributed by atoms with Gasteiger partial charge >= 0.3 is 5.97 Å². The number of anilines is 2. The molecule has 0 saturated carbocycles. The number of Topliss-reactive ketones (excluding diaryl/α,β-unsaturated/α-hetero) is 1. The van der Waals surface area contributed by atoms with Gasteiger partial charge in [-0.15, -0.1) is 0 Å². The highest BCUT2D eigenvalue weighted by Crippen LogP contribution is 2.38. The Hall–Kier alpha value is -4.19. The highest BCUT2D eigenvalue weighted by Gasteiger charge is 2.30. The minimum atomic E-state index is -1.48. The number of ketones is 1. The standard InChI is InChI=1S/C27H24N2O4/c1-18(21-14-8-16-23-22(21)15-9-17-24(23)25(30)27(32)33)26(31)28-29(19-10-4-2-5-11-19)20-12-6-3-7-13-20/h2-7,9-13,15,17,21H,1,8,14,16H2,(H,28,31)(H,32,33). The number of fused-ring (bicyclic) bond motifs is 1. The number of hydrogen-bond donors (Lipinski definition) is 2. The summed E-state index contributed by atoms with van der Waals surface area (Å²) in [4.78, 5) is 36.8. The second kappa shape index (κ2) is 9.53. The number of para-hydroxylation sites is 2. The van der Waals surface area contributed by atoms with Gasteiger partial charge in [0.1, 0.15) is 0 Å². The number of carboxylic acids is 1. The summed E-state index contributed by atoms with van der Waals surface area (Å²) in [5.74, 6) is -3.05. The molecule has 3 aromatic carbocycles. The first-order valence-electron chi connectivity index (χ1n) is 10.8. The van der Waals surface area contributed by atoms with E-state index in [1.165, 1.54) is 6.07 Å². The minimum absolute atomic E-state index is 0.188. The monoisotopic (exact) mass is 440 g/mol. The SMILES string of the molecule is C=C(C(=O)NN(c1ccccc1)c1ccccc1)C1CCCc2c(C(=O)C(=O)O)cccc21. The molecule has 6 nitrogen and oxygen atoms in total. The lowest BCUT2D eigenvalue weighted by molar-refractivity contribution is -0.131. The van der Waals surface area contributed by atoms with Crippen LogP contribution in [0.15, 0.2) is 91.0 Å². The van der Waals surface area contributed by atoms with Gasteiger partial charge in [-0.25, -0.2) is 4.79 Å². The molecular formula is C27H24N2O4. The molecule has 1 aliphatic rings. The Labute approximate surface area is 192 Å². The van der Waals surface area contributed by atoms with Gasteiger partial charge in [0.15, 0.2) is 0 Å². The Balaban J connectivity index is 1.63. The van der Waals surface area contributed by atoms with Crippen LogP contribution in [0.3, 0.4) is 0 Å². The number of nitrogens with zero attached hydrogens (tertiary/aromatic N) is 1. The molecule has 4 rings (SSSR count). The van der Waals surface area contributed by atoms with Gasteiger partial charge in [-0.05, 0) is 54.7 Å². The van der Waals surface area contributed by atoms with Crippen LogP contribution in [0.2, 0.25) is 0 Å². The Kier molecular flexibility index (Phi) is 6.36.